The second kappa shape index (κ2) is 9.32. The Bertz CT molecular complexity index is 838. The molecule has 1 atom stereocenters. The number of nitrogens with zero attached hydrogens (tertiary/aromatic N) is 3. The Morgan fingerprint density at radius 3 is 2.93 bits per heavy atom. The molecular formula is C21H27N5O2. The molecule has 7 heteroatoms. The number of benzene rings is 1. The standard InChI is InChI=1S/C21H27N5O2/c1-15-6-7-18(16(2)11-15)19-14-26(9-10-28-19)21(22-3)24-13-20(27)25-17-5-4-8-23-12-17/h4-8,11-12,19H,9-10,13-14H2,1-3H3,(H,22,24)(H,25,27). The van der Waals surface area contributed by atoms with Crippen molar-refractivity contribution < 1.29 is 9.53 Å². The molecule has 1 amide bonds. The maximum absolute atomic E-state index is 12.2. The Morgan fingerprint density at radius 2 is 2.21 bits per heavy atom. The molecule has 1 aromatic carbocycles. The first-order chi connectivity index (χ1) is 13.6. The van der Waals surface area contributed by atoms with Crippen LogP contribution in [0.4, 0.5) is 5.69 Å². The SMILES string of the molecule is CN=C(NCC(=O)Nc1cccnc1)N1CCOC(c2ccc(C)cc2C)C1. The van der Waals surface area contributed by atoms with Gasteiger partial charge in [-0.2, -0.15) is 0 Å². The van der Waals surface area contributed by atoms with Crippen molar-refractivity contribution in [3.05, 3.63) is 59.4 Å². The number of aliphatic imine (C=N–C) groups is 1. The molecule has 0 radical (unpaired) electrons. The maximum Gasteiger partial charge on any atom is 0.243 e. The number of anilines is 1. The molecule has 2 heterocycles. The maximum atomic E-state index is 12.2. The number of hydrogen-bond acceptors (Lipinski definition) is 4. The van der Waals surface area contributed by atoms with Crippen LogP contribution in [0.5, 0.6) is 0 Å². The van der Waals surface area contributed by atoms with E-state index in [9.17, 15) is 4.79 Å². The Morgan fingerprint density at radius 1 is 1.36 bits per heavy atom. The highest BCUT2D eigenvalue weighted by molar-refractivity contribution is 5.94. The minimum Gasteiger partial charge on any atom is -0.370 e. The third-order valence-electron chi connectivity index (χ3n) is 4.70. The zero-order valence-corrected chi connectivity index (χ0v) is 16.6. The first-order valence-electron chi connectivity index (χ1n) is 9.41. The molecule has 1 aliphatic rings. The summed E-state index contributed by atoms with van der Waals surface area (Å²) >= 11 is 0. The van der Waals surface area contributed by atoms with Gasteiger partial charge in [0.2, 0.25) is 5.91 Å². The van der Waals surface area contributed by atoms with Crippen LogP contribution in [0.15, 0.2) is 47.7 Å². The van der Waals surface area contributed by atoms with Gasteiger partial charge in [0, 0.05) is 19.8 Å². The highest BCUT2D eigenvalue weighted by atomic mass is 16.5. The van der Waals surface area contributed by atoms with E-state index in [1.807, 2.05) is 0 Å². The third kappa shape index (κ3) is 5.07. The number of pyridine rings is 1. The van der Waals surface area contributed by atoms with Crippen LogP contribution in [0.2, 0.25) is 0 Å². The average molecular weight is 381 g/mol. The van der Waals surface area contributed by atoms with Crippen molar-refractivity contribution in [1.82, 2.24) is 15.2 Å². The van der Waals surface area contributed by atoms with Gasteiger partial charge in [-0.3, -0.25) is 14.8 Å². The van der Waals surface area contributed by atoms with Crippen LogP contribution in [0.1, 0.15) is 22.8 Å². The van der Waals surface area contributed by atoms with Crippen molar-refractivity contribution in [2.45, 2.75) is 20.0 Å². The van der Waals surface area contributed by atoms with Crippen molar-refractivity contribution in [2.24, 2.45) is 4.99 Å². The predicted molar refractivity (Wildman–Crippen MR) is 110 cm³/mol. The number of rotatable bonds is 4. The Hall–Kier alpha value is -2.93. The molecule has 28 heavy (non-hydrogen) atoms. The molecule has 7 nitrogen and oxygen atoms in total. The summed E-state index contributed by atoms with van der Waals surface area (Å²) in [6.07, 6.45) is 3.26. The molecule has 0 saturated carbocycles. The zero-order chi connectivity index (χ0) is 19.9. The third-order valence-corrected chi connectivity index (χ3v) is 4.70. The van der Waals surface area contributed by atoms with E-state index in [-0.39, 0.29) is 18.6 Å². The van der Waals surface area contributed by atoms with Gasteiger partial charge in [0.25, 0.3) is 0 Å². The van der Waals surface area contributed by atoms with Crippen LogP contribution in [0.3, 0.4) is 0 Å². The predicted octanol–water partition coefficient (Wildman–Crippen LogP) is 2.29. The molecule has 1 fully saturated rings. The van der Waals surface area contributed by atoms with E-state index >= 15 is 0 Å². The number of amides is 1. The summed E-state index contributed by atoms with van der Waals surface area (Å²) in [7, 11) is 1.73. The van der Waals surface area contributed by atoms with Crippen LogP contribution in [0.25, 0.3) is 0 Å². The van der Waals surface area contributed by atoms with E-state index in [2.05, 4.69) is 57.6 Å². The van der Waals surface area contributed by atoms with Crippen molar-refractivity contribution in [3.63, 3.8) is 0 Å². The first-order valence-corrected chi connectivity index (χ1v) is 9.41. The van der Waals surface area contributed by atoms with Crippen LogP contribution < -0.4 is 10.6 Å². The second-order valence-corrected chi connectivity index (χ2v) is 6.86. The Labute approximate surface area is 165 Å². The molecule has 0 aliphatic carbocycles. The van der Waals surface area contributed by atoms with Crippen LogP contribution in [0, 0.1) is 13.8 Å². The number of aryl methyl sites for hydroxylation is 2. The van der Waals surface area contributed by atoms with Crippen LogP contribution >= 0.6 is 0 Å². The van der Waals surface area contributed by atoms with Crippen molar-refractivity contribution in [3.8, 4) is 0 Å². The summed E-state index contributed by atoms with van der Waals surface area (Å²) in [5.74, 6) is 0.549. The molecule has 3 rings (SSSR count). The lowest BCUT2D eigenvalue weighted by Crippen LogP contribution is -2.49. The van der Waals surface area contributed by atoms with Crippen LogP contribution in [-0.4, -0.2) is 55.0 Å². The molecule has 1 aliphatic heterocycles. The second-order valence-electron chi connectivity index (χ2n) is 6.86. The average Bonchev–Trinajstić information content (AvgIpc) is 2.69. The molecule has 1 unspecified atom stereocenters. The summed E-state index contributed by atoms with van der Waals surface area (Å²) in [5, 5.41) is 5.95. The van der Waals surface area contributed by atoms with Gasteiger partial charge in [-0.15, -0.1) is 0 Å². The minimum absolute atomic E-state index is 0.0166. The first kappa shape index (κ1) is 19.8. The van der Waals surface area contributed by atoms with Gasteiger partial charge in [-0.25, -0.2) is 0 Å². The van der Waals surface area contributed by atoms with Crippen molar-refractivity contribution in [2.75, 3.05) is 38.6 Å². The van der Waals surface area contributed by atoms with E-state index < -0.39 is 0 Å². The number of ether oxygens (including phenoxy) is 1. The minimum atomic E-state index is -0.145. The van der Waals surface area contributed by atoms with Gasteiger partial charge < -0.3 is 20.3 Å². The monoisotopic (exact) mass is 381 g/mol. The van der Waals surface area contributed by atoms with Crippen LogP contribution in [-0.2, 0) is 9.53 Å². The number of aromatic nitrogens is 1. The summed E-state index contributed by atoms with van der Waals surface area (Å²) < 4.78 is 6.00. The molecule has 1 saturated heterocycles. The van der Waals surface area contributed by atoms with E-state index in [4.69, 9.17) is 4.74 Å². The molecule has 1 aromatic heterocycles. The van der Waals surface area contributed by atoms with Gasteiger partial charge >= 0.3 is 0 Å². The van der Waals surface area contributed by atoms with Gasteiger partial charge in [-0.05, 0) is 37.1 Å². The molecule has 0 bridgehead atoms. The summed E-state index contributed by atoms with van der Waals surface area (Å²) in [6, 6.07) is 10.0. The molecule has 0 spiro atoms. The number of nitrogens with one attached hydrogen (secondary N) is 2. The number of guanidine groups is 1. The lowest BCUT2D eigenvalue weighted by atomic mass is 10.00. The van der Waals surface area contributed by atoms with Gasteiger partial charge in [0.05, 0.1) is 31.6 Å². The number of morpholine rings is 1. The zero-order valence-electron chi connectivity index (χ0n) is 16.6. The fourth-order valence-electron chi connectivity index (χ4n) is 3.35. The number of carbonyl (C=O) groups excluding carboxylic acids is 1. The lowest BCUT2D eigenvalue weighted by Gasteiger charge is -2.35. The fourth-order valence-corrected chi connectivity index (χ4v) is 3.35. The molecule has 2 N–H and O–H groups in total. The van der Waals surface area contributed by atoms with E-state index in [1.54, 1.807) is 31.6 Å². The largest absolute Gasteiger partial charge is 0.370 e. The molecule has 2 aromatic rings. The number of hydrogen-bond donors (Lipinski definition) is 2. The van der Waals surface area contributed by atoms with Gasteiger partial charge in [-0.1, -0.05) is 23.8 Å². The van der Waals surface area contributed by atoms with E-state index in [1.165, 1.54) is 16.7 Å². The Balaban J connectivity index is 1.58. The topological polar surface area (TPSA) is 78.8 Å². The molecule has 148 valence electrons. The highest BCUT2D eigenvalue weighted by Crippen LogP contribution is 2.25. The lowest BCUT2D eigenvalue weighted by molar-refractivity contribution is -0.115. The highest BCUT2D eigenvalue weighted by Gasteiger charge is 2.25. The van der Waals surface area contributed by atoms with Crippen molar-refractivity contribution >= 4 is 17.6 Å². The molecular weight excluding hydrogens is 354 g/mol. The summed E-state index contributed by atoms with van der Waals surface area (Å²) in [4.78, 5) is 22.6. The summed E-state index contributed by atoms with van der Waals surface area (Å²) in [5.41, 5.74) is 4.34. The fraction of sp³-hybridized carbons (Fsp3) is 0.381. The normalized spacial score (nSPS) is 17.3. The van der Waals surface area contributed by atoms with E-state index in [0.29, 0.717) is 24.8 Å². The van der Waals surface area contributed by atoms with Gasteiger partial charge in [0.15, 0.2) is 5.96 Å². The van der Waals surface area contributed by atoms with E-state index in [0.717, 1.165) is 6.54 Å². The number of carbonyl (C=O) groups is 1. The van der Waals surface area contributed by atoms with Crippen molar-refractivity contribution in [1.29, 1.82) is 0 Å². The summed E-state index contributed by atoms with van der Waals surface area (Å²) in [6.45, 7) is 6.36. The van der Waals surface area contributed by atoms with Gasteiger partial charge in [0.1, 0.15) is 6.10 Å². The smallest absolute Gasteiger partial charge is 0.243 e. The Kier molecular flexibility index (Phi) is 6.60. The quantitative estimate of drug-likeness (QED) is 0.628.